The quantitative estimate of drug-likeness (QED) is 0.656. The van der Waals surface area contributed by atoms with Crippen LogP contribution in [0.4, 0.5) is 0 Å². The van der Waals surface area contributed by atoms with Crippen LogP contribution in [0.25, 0.3) is 0 Å². The fourth-order valence-electron chi connectivity index (χ4n) is 2.83. The largest absolute Gasteiger partial charge is 0.497 e. The van der Waals surface area contributed by atoms with Gasteiger partial charge < -0.3 is 19.5 Å². The molecule has 1 aromatic rings. The van der Waals surface area contributed by atoms with Crippen molar-refractivity contribution in [2.24, 2.45) is 5.92 Å². The highest BCUT2D eigenvalue weighted by Crippen LogP contribution is 2.25. The van der Waals surface area contributed by atoms with Crippen molar-refractivity contribution < 1.29 is 23.8 Å². The van der Waals surface area contributed by atoms with Gasteiger partial charge in [0.05, 0.1) is 21.3 Å². The molecule has 140 valence electrons. The van der Waals surface area contributed by atoms with E-state index in [1.807, 2.05) is 32.0 Å². The van der Waals surface area contributed by atoms with Crippen molar-refractivity contribution in [2.75, 3.05) is 21.3 Å². The Labute approximate surface area is 149 Å². The fraction of sp³-hybridized carbons (Fsp3) is 0.579. The Kier molecular flexibility index (Phi) is 8.81. The standard InChI is InChI=1S/C19H29NO5/c1-6-13(7-2)18(19(22)25-5)20-17(21)11-8-14-12-15(23-3)9-10-16(14)24-4/h9-10,12-13,18H,6-8,11H2,1-5H3,(H,20,21). The van der Waals surface area contributed by atoms with E-state index in [-0.39, 0.29) is 18.2 Å². The molecular weight excluding hydrogens is 322 g/mol. The van der Waals surface area contributed by atoms with Gasteiger partial charge in [-0.05, 0) is 36.1 Å². The summed E-state index contributed by atoms with van der Waals surface area (Å²) in [5.74, 6) is 0.884. The van der Waals surface area contributed by atoms with Gasteiger partial charge in [-0.15, -0.1) is 0 Å². The normalized spacial score (nSPS) is 11.8. The highest BCUT2D eigenvalue weighted by Gasteiger charge is 2.28. The SMILES string of the molecule is CCC(CC)C(NC(=O)CCc1cc(OC)ccc1OC)C(=O)OC. The first-order valence-electron chi connectivity index (χ1n) is 8.58. The van der Waals surface area contributed by atoms with Gasteiger partial charge >= 0.3 is 5.97 Å². The predicted molar refractivity (Wildman–Crippen MR) is 95.9 cm³/mol. The van der Waals surface area contributed by atoms with Crippen molar-refractivity contribution in [1.29, 1.82) is 0 Å². The van der Waals surface area contributed by atoms with Crippen LogP contribution in [0.1, 0.15) is 38.7 Å². The number of hydrogen-bond acceptors (Lipinski definition) is 5. The molecule has 0 spiro atoms. The molecule has 0 aliphatic carbocycles. The van der Waals surface area contributed by atoms with E-state index in [1.165, 1.54) is 7.11 Å². The van der Waals surface area contributed by atoms with Crippen LogP contribution < -0.4 is 14.8 Å². The smallest absolute Gasteiger partial charge is 0.328 e. The molecular formula is C19H29NO5. The Morgan fingerprint density at radius 1 is 1.08 bits per heavy atom. The van der Waals surface area contributed by atoms with Crippen LogP contribution in [0.15, 0.2) is 18.2 Å². The third-order valence-electron chi connectivity index (χ3n) is 4.40. The lowest BCUT2D eigenvalue weighted by Crippen LogP contribution is -2.46. The van der Waals surface area contributed by atoms with Crippen LogP contribution in [0.3, 0.4) is 0 Å². The van der Waals surface area contributed by atoms with E-state index in [0.717, 1.165) is 18.4 Å². The van der Waals surface area contributed by atoms with Crippen LogP contribution >= 0.6 is 0 Å². The number of carbonyl (C=O) groups excluding carboxylic acids is 2. The molecule has 6 heteroatoms. The van der Waals surface area contributed by atoms with Crippen molar-refractivity contribution in [3.8, 4) is 11.5 Å². The lowest BCUT2D eigenvalue weighted by Gasteiger charge is -2.24. The average molecular weight is 351 g/mol. The third-order valence-corrected chi connectivity index (χ3v) is 4.40. The zero-order chi connectivity index (χ0) is 18.8. The minimum atomic E-state index is -0.611. The predicted octanol–water partition coefficient (Wildman–Crippen LogP) is 2.73. The van der Waals surface area contributed by atoms with Crippen LogP contribution in [0.2, 0.25) is 0 Å². The molecule has 0 aliphatic rings. The first-order valence-corrected chi connectivity index (χ1v) is 8.58. The highest BCUT2D eigenvalue weighted by molar-refractivity contribution is 5.84. The maximum atomic E-state index is 12.3. The molecule has 0 aliphatic heterocycles. The fourth-order valence-corrected chi connectivity index (χ4v) is 2.83. The summed E-state index contributed by atoms with van der Waals surface area (Å²) >= 11 is 0. The molecule has 1 rings (SSSR count). The number of ether oxygens (including phenoxy) is 3. The molecule has 0 radical (unpaired) electrons. The van der Waals surface area contributed by atoms with E-state index in [1.54, 1.807) is 14.2 Å². The van der Waals surface area contributed by atoms with E-state index in [9.17, 15) is 9.59 Å². The molecule has 0 heterocycles. The third kappa shape index (κ3) is 5.96. The van der Waals surface area contributed by atoms with Gasteiger partial charge in [0.25, 0.3) is 0 Å². The van der Waals surface area contributed by atoms with Crippen molar-refractivity contribution in [1.82, 2.24) is 5.32 Å². The minimum absolute atomic E-state index is 0.0581. The summed E-state index contributed by atoms with van der Waals surface area (Å²) in [5.41, 5.74) is 0.883. The molecule has 0 saturated carbocycles. The minimum Gasteiger partial charge on any atom is -0.497 e. The molecule has 0 bridgehead atoms. The van der Waals surface area contributed by atoms with E-state index in [4.69, 9.17) is 14.2 Å². The number of hydrogen-bond donors (Lipinski definition) is 1. The number of esters is 1. The van der Waals surface area contributed by atoms with Gasteiger partial charge in [0.1, 0.15) is 17.5 Å². The summed E-state index contributed by atoms with van der Waals surface area (Å²) in [4.78, 5) is 24.3. The highest BCUT2D eigenvalue weighted by atomic mass is 16.5. The molecule has 1 unspecified atom stereocenters. The molecule has 6 nitrogen and oxygen atoms in total. The maximum Gasteiger partial charge on any atom is 0.328 e. The Bertz CT molecular complexity index is 569. The molecule has 1 atom stereocenters. The van der Waals surface area contributed by atoms with Gasteiger partial charge in [-0.25, -0.2) is 4.79 Å². The van der Waals surface area contributed by atoms with Gasteiger partial charge in [0.2, 0.25) is 5.91 Å². The molecule has 0 fully saturated rings. The Morgan fingerprint density at radius 3 is 2.28 bits per heavy atom. The second-order valence-corrected chi connectivity index (χ2v) is 5.82. The molecule has 0 aromatic heterocycles. The van der Waals surface area contributed by atoms with E-state index < -0.39 is 12.0 Å². The molecule has 1 amide bonds. The first-order chi connectivity index (χ1) is 12.0. The Hall–Kier alpha value is -2.24. The van der Waals surface area contributed by atoms with Crippen molar-refractivity contribution >= 4 is 11.9 Å². The summed E-state index contributed by atoms with van der Waals surface area (Å²) in [6, 6.07) is 4.86. The van der Waals surface area contributed by atoms with E-state index in [2.05, 4.69) is 5.32 Å². The molecule has 25 heavy (non-hydrogen) atoms. The first kappa shape index (κ1) is 20.8. The molecule has 1 aromatic carbocycles. The lowest BCUT2D eigenvalue weighted by atomic mass is 9.94. The zero-order valence-electron chi connectivity index (χ0n) is 15.8. The van der Waals surface area contributed by atoms with Gasteiger partial charge in [-0.3, -0.25) is 4.79 Å². The summed E-state index contributed by atoms with van der Waals surface area (Å²) in [6.07, 6.45) is 2.32. The topological polar surface area (TPSA) is 73.9 Å². The number of aryl methyl sites for hydroxylation is 1. The van der Waals surface area contributed by atoms with Crippen molar-refractivity contribution in [3.63, 3.8) is 0 Å². The van der Waals surface area contributed by atoms with Crippen LogP contribution in [0, 0.1) is 5.92 Å². The van der Waals surface area contributed by atoms with Gasteiger partial charge in [0.15, 0.2) is 0 Å². The second-order valence-electron chi connectivity index (χ2n) is 5.82. The van der Waals surface area contributed by atoms with Gasteiger partial charge in [-0.1, -0.05) is 26.7 Å². The van der Waals surface area contributed by atoms with E-state index >= 15 is 0 Å². The lowest BCUT2D eigenvalue weighted by molar-refractivity contribution is -0.146. The zero-order valence-corrected chi connectivity index (χ0v) is 15.8. The van der Waals surface area contributed by atoms with Crippen LogP contribution in [0.5, 0.6) is 11.5 Å². The Morgan fingerprint density at radius 2 is 1.76 bits per heavy atom. The average Bonchev–Trinajstić information content (AvgIpc) is 2.65. The number of benzene rings is 1. The summed E-state index contributed by atoms with van der Waals surface area (Å²) in [7, 11) is 4.52. The number of carbonyl (C=O) groups is 2. The van der Waals surface area contributed by atoms with E-state index in [0.29, 0.717) is 17.9 Å². The van der Waals surface area contributed by atoms with Crippen LogP contribution in [-0.2, 0) is 20.7 Å². The van der Waals surface area contributed by atoms with Gasteiger partial charge in [-0.2, -0.15) is 0 Å². The molecule has 0 saturated heterocycles. The second kappa shape index (κ2) is 10.6. The maximum absolute atomic E-state index is 12.3. The van der Waals surface area contributed by atoms with Crippen molar-refractivity contribution in [2.45, 2.75) is 45.6 Å². The molecule has 1 N–H and O–H groups in total. The number of amides is 1. The van der Waals surface area contributed by atoms with Crippen LogP contribution in [-0.4, -0.2) is 39.2 Å². The Balaban J connectivity index is 2.76. The summed E-state index contributed by atoms with van der Waals surface area (Å²) < 4.78 is 15.4. The summed E-state index contributed by atoms with van der Waals surface area (Å²) in [6.45, 7) is 3.99. The number of rotatable bonds is 10. The monoisotopic (exact) mass is 351 g/mol. The summed E-state index contributed by atoms with van der Waals surface area (Å²) in [5, 5.41) is 2.82. The number of methoxy groups -OCH3 is 3. The van der Waals surface area contributed by atoms with Gasteiger partial charge in [0, 0.05) is 6.42 Å². The number of nitrogens with one attached hydrogen (secondary N) is 1. The van der Waals surface area contributed by atoms with Crippen molar-refractivity contribution in [3.05, 3.63) is 23.8 Å².